The van der Waals surface area contributed by atoms with Gasteiger partial charge in [-0.3, -0.25) is 9.59 Å². The zero-order valence-corrected chi connectivity index (χ0v) is 14.9. The van der Waals surface area contributed by atoms with Crippen molar-refractivity contribution in [1.82, 2.24) is 10.6 Å². The van der Waals surface area contributed by atoms with Gasteiger partial charge in [0, 0.05) is 6.92 Å². The molecule has 25 heavy (non-hydrogen) atoms. The minimum atomic E-state index is -0.237. The van der Waals surface area contributed by atoms with Crippen LogP contribution in [0.15, 0.2) is 46.9 Å². The van der Waals surface area contributed by atoms with E-state index in [0.717, 1.165) is 31.2 Å². The van der Waals surface area contributed by atoms with Crippen LogP contribution in [0.1, 0.15) is 67.5 Å². The fourth-order valence-electron chi connectivity index (χ4n) is 2.64. The van der Waals surface area contributed by atoms with Crippen LogP contribution in [-0.4, -0.2) is 11.8 Å². The lowest BCUT2D eigenvalue weighted by atomic mass is 10.0. The largest absolute Gasteiger partial charge is 0.454 e. The van der Waals surface area contributed by atoms with Gasteiger partial charge in [-0.2, -0.15) is 0 Å². The monoisotopic (exact) mass is 342 g/mol. The molecular weight excluding hydrogens is 316 g/mol. The highest BCUT2D eigenvalue weighted by Crippen LogP contribution is 2.21. The van der Waals surface area contributed by atoms with Gasteiger partial charge in [0.2, 0.25) is 5.91 Å². The number of unbranched alkanes of at least 4 members (excludes halogenated alkanes) is 2. The summed E-state index contributed by atoms with van der Waals surface area (Å²) in [6.07, 6.45) is 4.23. The normalized spacial score (nSPS) is 11.8. The molecule has 0 saturated carbocycles. The van der Waals surface area contributed by atoms with Crippen molar-refractivity contribution in [2.75, 3.05) is 0 Å². The third-order valence-corrected chi connectivity index (χ3v) is 4.00. The Hall–Kier alpha value is -2.56. The Bertz CT molecular complexity index is 679. The van der Waals surface area contributed by atoms with Crippen molar-refractivity contribution in [3.05, 3.63) is 59.5 Å². The summed E-state index contributed by atoms with van der Waals surface area (Å²) in [7, 11) is 0. The van der Waals surface area contributed by atoms with Gasteiger partial charge < -0.3 is 15.1 Å². The van der Waals surface area contributed by atoms with E-state index in [-0.39, 0.29) is 30.2 Å². The first kappa shape index (κ1) is 18.8. The Labute approximate surface area is 148 Å². The van der Waals surface area contributed by atoms with Gasteiger partial charge in [0.1, 0.15) is 5.76 Å². The van der Waals surface area contributed by atoms with Gasteiger partial charge in [0.05, 0.1) is 12.6 Å². The van der Waals surface area contributed by atoms with Crippen LogP contribution in [0.4, 0.5) is 0 Å². The van der Waals surface area contributed by atoms with Gasteiger partial charge in [0.15, 0.2) is 5.76 Å². The van der Waals surface area contributed by atoms with Crippen LogP contribution in [0.2, 0.25) is 0 Å². The molecule has 1 unspecified atom stereocenters. The number of furan rings is 1. The zero-order chi connectivity index (χ0) is 18.1. The van der Waals surface area contributed by atoms with E-state index in [1.54, 1.807) is 12.1 Å². The first-order chi connectivity index (χ1) is 12.1. The Morgan fingerprint density at radius 1 is 1.08 bits per heavy atom. The summed E-state index contributed by atoms with van der Waals surface area (Å²) in [4.78, 5) is 23.5. The van der Waals surface area contributed by atoms with Crippen molar-refractivity contribution in [3.8, 4) is 0 Å². The molecule has 0 spiro atoms. The molecule has 1 atom stereocenters. The topological polar surface area (TPSA) is 71.3 Å². The fourth-order valence-corrected chi connectivity index (χ4v) is 2.64. The first-order valence-electron chi connectivity index (χ1n) is 8.79. The maximum atomic E-state index is 12.5. The summed E-state index contributed by atoms with van der Waals surface area (Å²) in [5, 5.41) is 5.72. The van der Waals surface area contributed by atoms with E-state index in [1.165, 1.54) is 6.92 Å². The Morgan fingerprint density at radius 3 is 2.52 bits per heavy atom. The van der Waals surface area contributed by atoms with Crippen LogP contribution >= 0.6 is 0 Å². The minimum absolute atomic E-state index is 0.0378. The van der Waals surface area contributed by atoms with Crippen LogP contribution in [-0.2, 0) is 11.3 Å². The summed E-state index contributed by atoms with van der Waals surface area (Å²) in [5.74, 6) is 0.446. The molecule has 2 N–H and O–H groups in total. The number of rotatable bonds is 9. The second-order valence-electron chi connectivity index (χ2n) is 6.11. The van der Waals surface area contributed by atoms with E-state index in [2.05, 4.69) is 17.6 Å². The van der Waals surface area contributed by atoms with Crippen molar-refractivity contribution in [2.45, 2.75) is 52.1 Å². The van der Waals surface area contributed by atoms with Crippen LogP contribution in [0, 0.1) is 0 Å². The van der Waals surface area contributed by atoms with Crippen LogP contribution in [0.5, 0.6) is 0 Å². The average molecular weight is 342 g/mol. The van der Waals surface area contributed by atoms with Gasteiger partial charge in [-0.25, -0.2) is 0 Å². The predicted octanol–water partition coefficient (Wildman–Crippen LogP) is 3.97. The SMILES string of the molecule is CCCCCC(NC(=O)c1ccc(CNC(C)=O)o1)c1ccccc1. The maximum Gasteiger partial charge on any atom is 0.287 e. The van der Waals surface area contributed by atoms with Crippen molar-refractivity contribution in [2.24, 2.45) is 0 Å². The fraction of sp³-hybridized carbons (Fsp3) is 0.400. The van der Waals surface area contributed by atoms with Crippen molar-refractivity contribution in [3.63, 3.8) is 0 Å². The highest BCUT2D eigenvalue weighted by molar-refractivity contribution is 5.91. The highest BCUT2D eigenvalue weighted by atomic mass is 16.4. The van der Waals surface area contributed by atoms with Gasteiger partial charge in [-0.1, -0.05) is 56.5 Å². The maximum absolute atomic E-state index is 12.5. The lowest BCUT2D eigenvalue weighted by molar-refractivity contribution is -0.119. The van der Waals surface area contributed by atoms with E-state index in [4.69, 9.17) is 4.42 Å². The van der Waals surface area contributed by atoms with E-state index < -0.39 is 0 Å². The molecule has 1 heterocycles. The average Bonchev–Trinajstić information content (AvgIpc) is 3.09. The lowest BCUT2D eigenvalue weighted by Crippen LogP contribution is -2.28. The molecule has 2 rings (SSSR count). The molecule has 0 radical (unpaired) electrons. The number of amides is 2. The second kappa shape index (κ2) is 9.67. The molecule has 0 aliphatic rings. The van der Waals surface area contributed by atoms with Gasteiger partial charge >= 0.3 is 0 Å². The molecule has 5 nitrogen and oxygen atoms in total. The molecule has 0 bridgehead atoms. The molecule has 2 aromatic rings. The molecular formula is C20H26N2O3. The van der Waals surface area contributed by atoms with E-state index in [0.29, 0.717) is 5.76 Å². The van der Waals surface area contributed by atoms with E-state index in [1.807, 2.05) is 30.3 Å². The molecule has 1 aromatic carbocycles. The quantitative estimate of drug-likeness (QED) is 0.677. The summed E-state index contributed by atoms with van der Waals surface area (Å²) in [5.41, 5.74) is 1.09. The molecule has 1 aromatic heterocycles. The summed E-state index contributed by atoms with van der Waals surface area (Å²) >= 11 is 0. The van der Waals surface area contributed by atoms with Crippen LogP contribution < -0.4 is 10.6 Å². The van der Waals surface area contributed by atoms with Crippen molar-refractivity contribution in [1.29, 1.82) is 0 Å². The summed E-state index contributed by atoms with van der Waals surface area (Å²) < 4.78 is 5.53. The van der Waals surface area contributed by atoms with Gasteiger partial charge in [-0.05, 0) is 24.1 Å². The third-order valence-electron chi connectivity index (χ3n) is 4.00. The smallest absolute Gasteiger partial charge is 0.287 e. The summed E-state index contributed by atoms with van der Waals surface area (Å²) in [6, 6.07) is 13.3. The highest BCUT2D eigenvalue weighted by Gasteiger charge is 2.18. The van der Waals surface area contributed by atoms with Gasteiger partial charge in [0.25, 0.3) is 5.91 Å². The number of hydrogen-bond acceptors (Lipinski definition) is 3. The molecule has 0 aliphatic carbocycles. The standard InChI is InChI=1S/C20H26N2O3/c1-3-4-6-11-18(16-9-7-5-8-10-16)22-20(24)19-13-12-17(25-19)14-21-15(2)23/h5,7-10,12-13,18H,3-4,6,11,14H2,1-2H3,(H,21,23)(H,22,24). The van der Waals surface area contributed by atoms with E-state index >= 15 is 0 Å². The Morgan fingerprint density at radius 2 is 1.84 bits per heavy atom. The lowest BCUT2D eigenvalue weighted by Gasteiger charge is -2.18. The Kier molecular flexibility index (Phi) is 7.26. The molecule has 2 amide bonds. The number of carbonyl (C=O) groups is 2. The number of carbonyl (C=O) groups excluding carboxylic acids is 2. The zero-order valence-electron chi connectivity index (χ0n) is 14.9. The molecule has 5 heteroatoms. The molecule has 0 fully saturated rings. The molecule has 0 saturated heterocycles. The van der Waals surface area contributed by atoms with E-state index in [9.17, 15) is 9.59 Å². The molecule has 134 valence electrons. The number of benzene rings is 1. The number of nitrogens with one attached hydrogen (secondary N) is 2. The predicted molar refractivity (Wildman–Crippen MR) is 97.0 cm³/mol. The number of hydrogen-bond donors (Lipinski definition) is 2. The third kappa shape index (κ3) is 6.10. The van der Waals surface area contributed by atoms with Crippen LogP contribution in [0.25, 0.3) is 0 Å². The van der Waals surface area contributed by atoms with Gasteiger partial charge in [-0.15, -0.1) is 0 Å². The van der Waals surface area contributed by atoms with Crippen LogP contribution in [0.3, 0.4) is 0 Å². The summed E-state index contributed by atoms with van der Waals surface area (Å²) in [6.45, 7) is 3.88. The molecule has 0 aliphatic heterocycles. The minimum Gasteiger partial charge on any atom is -0.454 e. The Balaban J connectivity index is 2.02. The van der Waals surface area contributed by atoms with Crippen molar-refractivity contribution < 1.29 is 14.0 Å². The first-order valence-corrected chi connectivity index (χ1v) is 8.79. The van der Waals surface area contributed by atoms with Crippen molar-refractivity contribution >= 4 is 11.8 Å². The second-order valence-corrected chi connectivity index (χ2v) is 6.11.